The molecule has 158 valence electrons. The van der Waals surface area contributed by atoms with Gasteiger partial charge in [0.05, 0.1) is 11.4 Å². The molecule has 4 heteroatoms. The molecule has 0 atom stereocenters. The second kappa shape index (κ2) is 9.17. The number of hydrogen-bond donors (Lipinski definition) is 1. The molecule has 4 aromatic rings. The number of benzene rings is 2. The first-order valence-corrected chi connectivity index (χ1v) is 11.0. The van der Waals surface area contributed by atoms with Gasteiger partial charge in [-0.1, -0.05) is 66.6 Å². The summed E-state index contributed by atoms with van der Waals surface area (Å²) >= 11 is 0. The lowest BCUT2D eigenvalue weighted by molar-refractivity contribution is -0.121. The zero-order valence-corrected chi connectivity index (χ0v) is 18.5. The summed E-state index contributed by atoms with van der Waals surface area (Å²) in [6.07, 6.45) is 4.17. The Morgan fingerprint density at radius 2 is 1.71 bits per heavy atom. The number of aromatic nitrogens is 2. The van der Waals surface area contributed by atoms with Gasteiger partial charge in [-0.05, 0) is 49.9 Å². The number of imidazole rings is 1. The fourth-order valence-corrected chi connectivity index (χ4v) is 3.85. The van der Waals surface area contributed by atoms with Crippen LogP contribution in [0.3, 0.4) is 0 Å². The van der Waals surface area contributed by atoms with Gasteiger partial charge in [-0.2, -0.15) is 0 Å². The lowest BCUT2D eigenvalue weighted by Crippen LogP contribution is -2.24. The van der Waals surface area contributed by atoms with Gasteiger partial charge in [-0.15, -0.1) is 0 Å². The summed E-state index contributed by atoms with van der Waals surface area (Å²) in [5, 5.41) is 2.98. The first-order chi connectivity index (χ1) is 15.0. The second-order valence-electron chi connectivity index (χ2n) is 8.14. The number of fused-ring (bicyclic) bond motifs is 1. The first kappa shape index (κ1) is 20.9. The minimum Gasteiger partial charge on any atom is -0.356 e. The van der Waals surface area contributed by atoms with Gasteiger partial charge in [-0.3, -0.25) is 4.79 Å². The molecule has 0 aliphatic heterocycles. The van der Waals surface area contributed by atoms with Crippen LogP contribution in [0.5, 0.6) is 0 Å². The van der Waals surface area contributed by atoms with Gasteiger partial charge in [0.2, 0.25) is 5.91 Å². The van der Waals surface area contributed by atoms with Crippen LogP contribution in [0.15, 0.2) is 66.9 Å². The summed E-state index contributed by atoms with van der Waals surface area (Å²) in [7, 11) is 0. The van der Waals surface area contributed by atoms with Crippen molar-refractivity contribution in [2.24, 2.45) is 0 Å². The van der Waals surface area contributed by atoms with Gasteiger partial charge in [-0.25, -0.2) is 4.98 Å². The highest BCUT2D eigenvalue weighted by molar-refractivity contribution is 5.77. The molecule has 2 heterocycles. The Morgan fingerprint density at radius 1 is 0.935 bits per heavy atom. The topological polar surface area (TPSA) is 46.4 Å². The van der Waals surface area contributed by atoms with Crippen molar-refractivity contribution in [2.45, 2.75) is 40.0 Å². The van der Waals surface area contributed by atoms with Crippen molar-refractivity contribution in [2.75, 3.05) is 6.54 Å². The number of hydrogen-bond acceptors (Lipinski definition) is 2. The van der Waals surface area contributed by atoms with Crippen molar-refractivity contribution in [3.63, 3.8) is 0 Å². The van der Waals surface area contributed by atoms with E-state index in [2.05, 4.69) is 97.3 Å². The van der Waals surface area contributed by atoms with Crippen LogP contribution in [0.2, 0.25) is 0 Å². The van der Waals surface area contributed by atoms with Crippen LogP contribution in [0.1, 0.15) is 36.6 Å². The van der Waals surface area contributed by atoms with Gasteiger partial charge < -0.3 is 9.72 Å². The molecular formula is C27H29N3O. The molecule has 1 N–H and O–H groups in total. The van der Waals surface area contributed by atoms with E-state index >= 15 is 0 Å². The lowest BCUT2D eigenvalue weighted by Gasteiger charge is -2.09. The fourth-order valence-electron chi connectivity index (χ4n) is 3.85. The van der Waals surface area contributed by atoms with E-state index in [9.17, 15) is 4.79 Å². The maximum Gasteiger partial charge on any atom is 0.220 e. The molecule has 0 unspecified atom stereocenters. The van der Waals surface area contributed by atoms with Crippen LogP contribution in [-0.4, -0.2) is 21.8 Å². The number of nitrogens with one attached hydrogen (secondary N) is 1. The monoisotopic (exact) mass is 411 g/mol. The molecule has 1 amide bonds. The molecule has 0 fully saturated rings. The Balaban J connectivity index is 1.78. The number of aryl methyl sites for hydroxylation is 3. The number of carbonyl (C=O) groups is 1. The fraction of sp³-hybridized carbons (Fsp3) is 0.259. The van der Waals surface area contributed by atoms with E-state index in [0.29, 0.717) is 19.4 Å². The standard InChI is InChI=1S/C27H29N3O/c1-4-16-28-26(31)15-13-24-27(21-10-8-19(2)9-11-21)29-25-14-12-23(18-30(24)25)22-7-5-6-20(3)17-22/h5-12,14,17-18H,4,13,15-16H2,1-3H3,(H,28,31). The van der Waals surface area contributed by atoms with Crippen LogP contribution in [0.25, 0.3) is 28.0 Å². The zero-order chi connectivity index (χ0) is 21.8. The van der Waals surface area contributed by atoms with Crippen molar-refractivity contribution in [1.82, 2.24) is 14.7 Å². The van der Waals surface area contributed by atoms with Crippen LogP contribution >= 0.6 is 0 Å². The van der Waals surface area contributed by atoms with E-state index < -0.39 is 0 Å². The van der Waals surface area contributed by atoms with Gasteiger partial charge >= 0.3 is 0 Å². The Hall–Kier alpha value is -3.40. The molecule has 0 aliphatic rings. The Kier molecular flexibility index (Phi) is 6.17. The van der Waals surface area contributed by atoms with E-state index in [1.165, 1.54) is 16.7 Å². The maximum absolute atomic E-state index is 12.3. The van der Waals surface area contributed by atoms with Gasteiger partial charge in [0.1, 0.15) is 5.65 Å². The van der Waals surface area contributed by atoms with Crippen LogP contribution in [0.4, 0.5) is 0 Å². The molecule has 0 bridgehead atoms. The number of rotatable bonds is 7. The molecule has 4 rings (SSSR count). The molecule has 31 heavy (non-hydrogen) atoms. The van der Waals surface area contributed by atoms with Crippen molar-refractivity contribution in [3.8, 4) is 22.4 Å². The van der Waals surface area contributed by atoms with Crippen LogP contribution in [0, 0.1) is 13.8 Å². The van der Waals surface area contributed by atoms with E-state index in [-0.39, 0.29) is 5.91 Å². The number of pyridine rings is 1. The Labute approximate surface area is 184 Å². The predicted octanol–water partition coefficient (Wildman–Crippen LogP) is 5.74. The Bertz CT molecular complexity index is 1210. The highest BCUT2D eigenvalue weighted by atomic mass is 16.1. The third kappa shape index (κ3) is 4.69. The molecule has 4 nitrogen and oxygen atoms in total. The molecule has 2 aromatic heterocycles. The van der Waals surface area contributed by atoms with Crippen molar-refractivity contribution < 1.29 is 4.79 Å². The molecule has 0 aliphatic carbocycles. The summed E-state index contributed by atoms with van der Waals surface area (Å²) in [6.45, 7) is 6.97. The largest absolute Gasteiger partial charge is 0.356 e. The van der Waals surface area contributed by atoms with Gasteiger partial charge in [0.15, 0.2) is 0 Å². The van der Waals surface area contributed by atoms with Crippen molar-refractivity contribution >= 4 is 11.6 Å². The molecule has 0 saturated carbocycles. The van der Waals surface area contributed by atoms with E-state index in [1.807, 2.05) is 0 Å². The van der Waals surface area contributed by atoms with Crippen LogP contribution in [-0.2, 0) is 11.2 Å². The second-order valence-corrected chi connectivity index (χ2v) is 8.14. The van der Waals surface area contributed by atoms with Gasteiger partial charge in [0.25, 0.3) is 0 Å². The number of nitrogens with zero attached hydrogens (tertiary/aromatic N) is 2. The average molecular weight is 412 g/mol. The summed E-state index contributed by atoms with van der Waals surface area (Å²) in [5.74, 6) is 0.0847. The van der Waals surface area contributed by atoms with Crippen LogP contribution < -0.4 is 5.32 Å². The van der Waals surface area contributed by atoms with Gasteiger partial charge in [0, 0.05) is 24.7 Å². The highest BCUT2D eigenvalue weighted by Crippen LogP contribution is 2.28. The minimum atomic E-state index is 0.0847. The first-order valence-electron chi connectivity index (χ1n) is 11.0. The summed E-state index contributed by atoms with van der Waals surface area (Å²) in [6, 6.07) is 21.1. The zero-order valence-electron chi connectivity index (χ0n) is 18.5. The quantitative estimate of drug-likeness (QED) is 0.421. The molecule has 2 aromatic carbocycles. The number of amides is 1. The summed E-state index contributed by atoms with van der Waals surface area (Å²) in [5.41, 5.74) is 8.77. The molecular weight excluding hydrogens is 382 g/mol. The highest BCUT2D eigenvalue weighted by Gasteiger charge is 2.16. The molecule has 0 radical (unpaired) electrons. The maximum atomic E-state index is 12.3. The normalized spacial score (nSPS) is 11.1. The number of carbonyl (C=O) groups excluding carboxylic acids is 1. The third-order valence-electron chi connectivity index (χ3n) is 5.55. The van der Waals surface area contributed by atoms with E-state index in [4.69, 9.17) is 4.98 Å². The Morgan fingerprint density at radius 3 is 2.45 bits per heavy atom. The third-order valence-corrected chi connectivity index (χ3v) is 5.55. The lowest BCUT2D eigenvalue weighted by atomic mass is 10.0. The molecule has 0 spiro atoms. The summed E-state index contributed by atoms with van der Waals surface area (Å²) in [4.78, 5) is 17.2. The van der Waals surface area contributed by atoms with Crippen molar-refractivity contribution in [3.05, 3.63) is 83.7 Å². The SMILES string of the molecule is CCCNC(=O)CCc1c(-c2ccc(C)cc2)nc2ccc(-c3cccc(C)c3)cn12. The molecule has 0 saturated heterocycles. The van der Waals surface area contributed by atoms with E-state index in [0.717, 1.165) is 34.6 Å². The summed E-state index contributed by atoms with van der Waals surface area (Å²) < 4.78 is 2.15. The van der Waals surface area contributed by atoms with Crippen molar-refractivity contribution in [1.29, 1.82) is 0 Å². The average Bonchev–Trinajstić information content (AvgIpc) is 3.14. The smallest absolute Gasteiger partial charge is 0.220 e. The van der Waals surface area contributed by atoms with E-state index in [1.54, 1.807) is 0 Å². The predicted molar refractivity (Wildman–Crippen MR) is 127 cm³/mol. The minimum absolute atomic E-state index is 0.0847.